The molecular formula is C16H19N3O6. The molecule has 1 aromatic carbocycles. The van der Waals surface area contributed by atoms with Gasteiger partial charge in [-0.3, -0.25) is 14.7 Å². The van der Waals surface area contributed by atoms with Crippen LogP contribution in [0.2, 0.25) is 0 Å². The summed E-state index contributed by atoms with van der Waals surface area (Å²) in [6.45, 7) is 0.465. The Hall–Kier alpha value is -2.97. The van der Waals surface area contributed by atoms with Gasteiger partial charge in [0.1, 0.15) is 0 Å². The fraction of sp³-hybridized carbons (Fsp3) is 0.438. The van der Waals surface area contributed by atoms with E-state index in [9.17, 15) is 14.4 Å². The van der Waals surface area contributed by atoms with E-state index in [1.54, 1.807) is 19.2 Å². The largest absolute Gasteiger partial charge is 0.453 e. The number of cyclic esters (lactones) is 2. The summed E-state index contributed by atoms with van der Waals surface area (Å²) in [4.78, 5) is 39.6. The van der Waals surface area contributed by atoms with Gasteiger partial charge in [-0.05, 0) is 23.8 Å². The molecule has 3 amide bonds. The zero-order valence-corrected chi connectivity index (χ0v) is 14.2. The summed E-state index contributed by atoms with van der Waals surface area (Å²) in [6, 6.07) is 5.33. The number of methoxy groups -OCH3 is 1. The Bertz CT molecular complexity index is 722. The van der Waals surface area contributed by atoms with E-state index in [1.165, 1.54) is 28.9 Å². The lowest BCUT2D eigenvalue weighted by atomic mass is 10.1. The molecule has 0 saturated carbocycles. The fourth-order valence-corrected chi connectivity index (χ4v) is 2.83. The first kappa shape index (κ1) is 16.9. The maximum absolute atomic E-state index is 12.2. The van der Waals surface area contributed by atoms with Crippen molar-refractivity contribution in [2.24, 2.45) is 0 Å². The number of hydrogen-bond acceptors (Lipinski definition) is 6. The molecule has 1 atom stereocenters. The van der Waals surface area contributed by atoms with E-state index in [1.807, 2.05) is 6.07 Å². The number of rotatable bonds is 2. The summed E-state index contributed by atoms with van der Waals surface area (Å²) < 4.78 is 15.0. The van der Waals surface area contributed by atoms with E-state index < -0.39 is 24.5 Å². The van der Waals surface area contributed by atoms with Gasteiger partial charge in [0.15, 0.2) is 6.23 Å². The molecule has 1 aromatic rings. The molecule has 9 nitrogen and oxygen atoms in total. The van der Waals surface area contributed by atoms with Crippen LogP contribution >= 0.6 is 0 Å². The molecule has 3 rings (SSSR count). The average Bonchev–Trinajstić information content (AvgIpc) is 2.94. The molecule has 0 spiro atoms. The lowest BCUT2D eigenvalue weighted by Crippen LogP contribution is -2.39. The molecule has 0 unspecified atom stereocenters. The topological polar surface area (TPSA) is 88.6 Å². The van der Waals surface area contributed by atoms with E-state index in [-0.39, 0.29) is 13.2 Å². The first-order valence-corrected chi connectivity index (χ1v) is 7.74. The number of amides is 3. The first-order chi connectivity index (χ1) is 11.9. The lowest BCUT2D eigenvalue weighted by Gasteiger charge is -2.21. The van der Waals surface area contributed by atoms with Crippen molar-refractivity contribution in [1.82, 2.24) is 4.90 Å². The van der Waals surface area contributed by atoms with Gasteiger partial charge in [-0.25, -0.2) is 14.4 Å². The summed E-state index contributed by atoms with van der Waals surface area (Å²) in [5.74, 6) is 0. The Morgan fingerprint density at radius 2 is 2.08 bits per heavy atom. The minimum Gasteiger partial charge on any atom is -0.453 e. The zero-order chi connectivity index (χ0) is 18.1. The first-order valence-electron chi connectivity index (χ1n) is 7.74. The van der Waals surface area contributed by atoms with Crippen molar-refractivity contribution in [3.8, 4) is 0 Å². The van der Waals surface area contributed by atoms with E-state index in [4.69, 9.17) is 9.47 Å². The Balaban J connectivity index is 1.83. The average molecular weight is 349 g/mol. The highest BCUT2D eigenvalue weighted by molar-refractivity contribution is 5.92. The van der Waals surface area contributed by atoms with Gasteiger partial charge in [-0.15, -0.1) is 0 Å². The van der Waals surface area contributed by atoms with E-state index in [0.717, 1.165) is 11.3 Å². The van der Waals surface area contributed by atoms with Gasteiger partial charge < -0.3 is 14.2 Å². The number of hydrogen-bond donors (Lipinski definition) is 0. The summed E-state index contributed by atoms with van der Waals surface area (Å²) in [5, 5.41) is 0. The van der Waals surface area contributed by atoms with Gasteiger partial charge in [0.25, 0.3) is 0 Å². The van der Waals surface area contributed by atoms with Crippen LogP contribution in [0.15, 0.2) is 18.2 Å². The highest BCUT2D eigenvalue weighted by atomic mass is 16.6. The van der Waals surface area contributed by atoms with Crippen molar-refractivity contribution in [1.29, 1.82) is 0 Å². The predicted octanol–water partition coefficient (Wildman–Crippen LogP) is 1.80. The highest BCUT2D eigenvalue weighted by Crippen LogP contribution is 2.31. The van der Waals surface area contributed by atoms with Gasteiger partial charge in [-0.1, -0.05) is 0 Å². The van der Waals surface area contributed by atoms with E-state index in [0.29, 0.717) is 12.1 Å². The molecular weight excluding hydrogens is 330 g/mol. The molecule has 1 saturated heterocycles. The van der Waals surface area contributed by atoms with Gasteiger partial charge in [0.2, 0.25) is 0 Å². The van der Waals surface area contributed by atoms with Gasteiger partial charge in [0.05, 0.1) is 25.9 Å². The number of anilines is 2. The third kappa shape index (κ3) is 3.04. The second kappa shape index (κ2) is 6.50. The molecule has 2 aliphatic rings. The van der Waals surface area contributed by atoms with Crippen LogP contribution in [0.4, 0.5) is 25.8 Å². The Morgan fingerprint density at radius 3 is 2.80 bits per heavy atom. The summed E-state index contributed by atoms with van der Waals surface area (Å²) in [6.07, 6.45) is -1.72. The summed E-state index contributed by atoms with van der Waals surface area (Å²) >= 11 is 0. The number of fused-ring (bicyclic) bond motifs is 1. The standard InChI is InChI=1S/C16H19N3O6/c1-17-12-5-4-11(8-10(12)6-7-24-15(17)21)19-9-13(25-16(19)22)18(2)14(20)23-3/h4-5,8,13H,6-7,9H2,1-3H3/t13-/m0/s1. The van der Waals surface area contributed by atoms with Crippen LogP contribution in [0, 0.1) is 0 Å². The van der Waals surface area contributed by atoms with Crippen molar-refractivity contribution in [2.45, 2.75) is 12.6 Å². The van der Waals surface area contributed by atoms with Crippen molar-refractivity contribution in [2.75, 3.05) is 44.2 Å². The highest BCUT2D eigenvalue weighted by Gasteiger charge is 2.37. The predicted molar refractivity (Wildman–Crippen MR) is 87.7 cm³/mol. The maximum atomic E-state index is 12.2. The summed E-state index contributed by atoms with van der Waals surface area (Å²) in [7, 11) is 4.40. The molecule has 0 aliphatic carbocycles. The van der Waals surface area contributed by atoms with Crippen LogP contribution < -0.4 is 9.80 Å². The van der Waals surface area contributed by atoms with Gasteiger partial charge >= 0.3 is 18.3 Å². The van der Waals surface area contributed by atoms with Crippen LogP contribution in [-0.4, -0.2) is 63.8 Å². The molecule has 1 fully saturated rings. The van der Waals surface area contributed by atoms with Gasteiger partial charge in [-0.2, -0.15) is 0 Å². The zero-order valence-electron chi connectivity index (χ0n) is 14.2. The Kier molecular flexibility index (Phi) is 4.39. The van der Waals surface area contributed by atoms with Crippen molar-refractivity contribution < 1.29 is 28.6 Å². The lowest BCUT2D eigenvalue weighted by molar-refractivity contribution is 0.0343. The monoisotopic (exact) mass is 349 g/mol. The maximum Gasteiger partial charge on any atom is 0.416 e. The Labute approximate surface area is 144 Å². The van der Waals surface area contributed by atoms with Gasteiger partial charge in [0, 0.05) is 26.2 Å². The summed E-state index contributed by atoms with van der Waals surface area (Å²) in [5.41, 5.74) is 2.26. The molecule has 25 heavy (non-hydrogen) atoms. The van der Waals surface area contributed by atoms with Crippen LogP contribution in [0.1, 0.15) is 5.56 Å². The molecule has 0 bridgehead atoms. The molecule has 134 valence electrons. The molecule has 0 radical (unpaired) electrons. The van der Waals surface area contributed by atoms with Crippen LogP contribution in [0.3, 0.4) is 0 Å². The van der Waals surface area contributed by atoms with Crippen molar-refractivity contribution >= 4 is 29.7 Å². The fourth-order valence-electron chi connectivity index (χ4n) is 2.83. The number of carbonyl (C=O) groups excluding carboxylic acids is 3. The number of likely N-dealkylation sites (N-methyl/N-ethyl adjacent to an activating group) is 1. The van der Waals surface area contributed by atoms with Crippen LogP contribution in [0.5, 0.6) is 0 Å². The van der Waals surface area contributed by atoms with Crippen LogP contribution in [0.25, 0.3) is 0 Å². The van der Waals surface area contributed by atoms with Crippen molar-refractivity contribution in [3.05, 3.63) is 23.8 Å². The number of carbonyl (C=O) groups is 3. The second-order valence-electron chi connectivity index (χ2n) is 5.77. The molecule has 2 aliphatic heterocycles. The molecule has 2 heterocycles. The second-order valence-corrected chi connectivity index (χ2v) is 5.77. The third-order valence-corrected chi connectivity index (χ3v) is 4.30. The normalized spacial score (nSPS) is 19.7. The SMILES string of the molecule is COC(=O)N(C)[C@@H]1CN(c2ccc3c(c2)CCOC(=O)N3C)C(=O)O1. The minimum atomic E-state index is -0.730. The number of nitrogens with zero attached hydrogens (tertiary/aromatic N) is 3. The third-order valence-electron chi connectivity index (χ3n) is 4.30. The minimum absolute atomic E-state index is 0.189. The number of ether oxygens (including phenoxy) is 3. The smallest absolute Gasteiger partial charge is 0.416 e. The van der Waals surface area contributed by atoms with Crippen molar-refractivity contribution in [3.63, 3.8) is 0 Å². The Morgan fingerprint density at radius 1 is 1.32 bits per heavy atom. The van der Waals surface area contributed by atoms with E-state index in [2.05, 4.69) is 4.74 Å². The molecule has 0 N–H and O–H groups in total. The molecule has 0 aromatic heterocycles. The molecule has 9 heteroatoms. The quantitative estimate of drug-likeness (QED) is 0.757. The number of benzene rings is 1. The van der Waals surface area contributed by atoms with E-state index >= 15 is 0 Å². The van der Waals surface area contributed by atoms with Crippen LogP contribution in [-0.2, 0) is 20.6 Å².